The molecular weight excluding hydrogens is 223 g/mol. The lowest BCUT2D eigenvalue weighted by Crippen LogP contribution is -2.17. The molecule has 90 valence electrons. The van der Waals surface area contributed by atoms with Crippen molar-refractivity contribution < 1.29 is 17.9 Å². The number of halogens is 3. The molecule has 1 aromatic rings. The van der Waals surface area contributed by atoms with Crippen molar-refractivity contribution in [2.24, 2.45) is 5.73 Å². The van der Waals surface area contributed by atoms with E-state index in [9.17, 15) is 13.2 Å². The van der Waals surface area contributed by atoms with Crippen molar-refractivity contribution in [3.05, 3.63) is 17.6 Å². The van der Waals surface area contributed by atoms with Gasteiger partial charge in [0.15, 0.2) is 0 Å². The minimum atomic E-state index is -4.59. The van der Waals surface area contributed by atoms with Crippen LogP contribution >= 0.6 is 0 Å². The topological polar surface area (TPSA) is 61.0 Å². The van der Waals surface area contributed by atoms with E-state index in [2.05, 4.69) is 9.97 Å². The van der Waals surface area contributed by atoms with Gasteiger partial charge in [0, 0.05) is 18.5 Å². The van der Waals surface area contributed by atoms with Gasteiger partial charge in [0.2, 0.25) is 11.7 Å². The molecule has 1 rings (SSSR count). The third-order valence-electron chi connectivity index (χ3n) is 2.04. The number of ether oxygens (including phenoxy) is 1. The first-order valence-corrected chi connectivity index (χ1v) is 4.58. The maximum Gasteiger partial charge on any atom is 0.451 e. The Balaban J connectivity index is 3.21. The molecule has 1 unspecified atom stereocenters. The van der Waals surface area contributed by atoms with Crippen LogP contribution < -0.4 is 10.5 Å². The standard InChI is InChI=1S/C9H12F3N3O/c1-5(4-13)6-3-7(16-2)15-8(14-6)9(10,11)12/h3,5H,4,13H2,1-2H3. The molecule has 0 spiro atoms. The number of alkyl halides is 3. The summed E-state index contributed by atoms with van der Waals surface area (Å²) < 4.78 is 42.0. The molecule has 0 aliphatic heterocycles. The molecule has 4 nitrogen and oxygen atoms in total. The Kier molecular flexibility index (Phi) is 3.69. The molecule has 1 aromatic heterocycles. The predicted octanol–water partition coefficient (Wildman–Crippen LogP) is 1.57. The molecule has 0 radical (unpaired) electrons. The van der Waals surface area contributed by atoms with Crippen LogP contribution in [0.15, 0.2) is 6.07 Å². The van der Waals surface area contributed by atoms with Gasteiger partial charge in [0.1, 0.15) is 0 Å². The molecule has 2 N–H and O–H groups in total. The normalized spacial score (nSPS) is 13.6. The van der Waals surface area contributed by atoms with Crippen LogP contribution in [0.4, 0.5) is 13.2 Å². The highest BCUT2D eigenvalue weighted by Gasteiger charge is 2.35. The molecule has 0 fully saturated rings. The van der Waals surface area contributed by atoms with E-state index in [1.54, 1.807) is 6.92 Å². The molecule has 16 heavy (non-hydrogen) atoms. The third kappa shape index (κ3) is 2.82. The summed E-state index contributed by atoms with van der Waals surface area (Å²) in [6, 6.07) is 1.35. The molecule has 0 saturated carbocycles. The van der Waals surface area contributed by atoms with Gasteiger partial charge in [-0.15, -0.1) is 0 Å². The van der Waals surface area contributed by atoms with E-state index in [4.69, 9.17) is 10.5 Å². The van der Waals surface area contributed by atoms with Gasteiger partial charge in [-0.2, -0.15) is 18.2 Å². The molecule has 0 aromatic carbocycles. The summed E-state index contributed by atoms with van der Waals surface area (Å²) >= 11 is 0. The Hall–Kier alpha value is -1.37. The fourth-order valence-electron chi connectivity index (χ4n) is 1.05. The lowest BCUT2D eigenvalue weighted by atomic mass is 10.1. The summed E-state index contributed by atoms with van der Waals surface area (Å²) in [6.45, 7) is 1.89. The maximum absolute atomic E-state index is 12.4. The predicted molar refractivity (Wildman–Crippen MR) is 51.1 cm³/mol. The summed E-state index contributed by atoms with van der Waals surface area (Å²) in [4.78, 5) is 6.67. The van der Waals surface area contributed by atoms with Gasteiger partial charge in [-0.05, 0) is 0 Å². The van der Waals surface area contributed by atoms with Crippen molar-refractivity contribution in [2.45, 2.75) is 19.0 Å². The van der Waals surface area contributed by atoms with E-state index in [1.165, 1.54) is 13.2 Å². The van der Waals surface area contributed by atoms with Crippen LogP contribution in [0.3, 0.4) is 0 Å². The van der Waals surface area contributed by atoms with Crippen molar-refractivity contribution >= 4 is 0 Å². The fourth-order valence-corrected chi connectivity index (χ4v) is 1.05. The van der Waals surface area contributed by atoms with Gasteiger partial charge < -0.3 is 10.5 Å². The van der Waals surface area contributed by atoms with Crippen molar-refractivity contribution in [3.63, 3.8) is 0 Å². The first-order valence-electron chi connectivity index (χ1n) is 4.58. The third-order valence-corrected chi connectivity index (χ3v) is 2.04. The van der Waals surface area contributed by atoms with E-state index in [1.807, 2.05) is 0 Å². The van der Waals surface area contributed by atoms with E-state index < -0.39 is 12.0 Å². The highest BCUT2D eigenvalue weighted by Crippen LogP contribution is 2.29. The van der Waals surface area contributed by atoms with Crippen LogP contribution in [0.25, 0.3) is 0 Å². The molecule has 0 bridgehead atoms. The summed E-state index contributed by atoms with van der Waals surface area (Å²) in [7, 11) is 1.25. The Morgan fingerprint density at radius 3 is 2.50 bits per heavy atom. The molecular formula is C9H12F3N3O. The highest BCUT2D eigenvalue weighted by atomic mass is 19.4. The van der Waals surface area contributed by atoms with Gasteiger partial charge in [-0.3, -0.25) is 0 Å². The van der Waals surface area contributed by atoms with Gasteiger partial charge in [-0.1, -0.05) is 6.92 Å². The van der Waals surface area contributed by atoms with Crippen LogP contribution in [-0.2, 0) is 6.18 Å². The minimum absolute atomic E-state index is 0.113. The van der Waals surface area contributed by atoms with Crippen molar-refractivity contribution in [2.75, 3.05) is 13.7 Å². The number of hydrogen-bond donors (Lipinski definition) is 1. The first kappa shape index (κ1) is 12.7. The summed E-state index contributed by atoms with van der Waals surface area (Å²) in [5, 5.41) is 0. The first-order chi connectivity index (χ1) is 7.38. The lowest BCUT2D eigenvalue weighted by Gasteiger charge is -2.12. The summed E-state index contributed by atoms with van der Waals surface area (Å²) in [5.74, 6) is -1.60. The number of nitrogens with two attached hydrogens (primary N) is 1. The second kappa shape index (κ2) is 4.65. The zero-order chi connectivity index (χ0) is 12.3. The Bertz CT molecular complexity index is 368. The van der Waals surface area contributed by atoms with Gasteiger partial charge in [0.05, 0.1) is 12.8 Å². The van der Waals surface area contributed by atoms with Crippen LogP contribution in [0.5, 0.6) is 5.88 Å². The molecule has 1 heterocycles. The molecule has 7 heteroatoms. The fraction of sp³-hybridized carbons (Fsp3) is 0.556. The second-order valence-electron chi connectivity index (χ2n) is 3.29. The van der Waals surface area contributed by atoms with E-state index >= 15 is 0 Å². The average Bonchev–Trinajstić information content (AvgIpc) is 2.26. The van der Waals surface area contributed by atoms with Crippen LogP contribution in [-0.4, -0.2) is 23.6 Å². The van der Waals surface area contributed by atoms with Gasteiger partial charge in [0.25, 0.3) is 0 Å². The van der Waals surface area contributed by atoms with E-state index in [0.29, 0.717) is 0 Å². The lowest BCUT2D eigenvalue weighted by molar-refractivity contribution is -0.145. The molecule has 0 amide bonds. The van der Waals surface area contributed by atoms with Crippen molar-refractivity contribution in [1.29, 1.82) is 0 Å². The van der Waals surface area contributed by atoms with Gasteiger partial charge in [-0.25, -0.2) is 4.98 Å². The van der Waals surface area contributed by atoms with Crippen LogP contribution in [0, 0.1) is 0 Å². The van der Waals surface area contributed by atoms with Crippen LogP contribution in [0.2, 0.25) is 0 Å². The second-order valence-corrected chi connectivity index (χ2v) is 3.29. The summed E-state index contributed by atoms with van der Waals surface area (Å²) in [5.41, 5.74) is 5.60. The maximum atomic E-state index is 12.4. The Labute approximate surface area is 90.6 Å². The molecule has 0 saturated heterocycles. The number of hydrogen-bond acceptors (Lipinski definition) is 4. The number of rotatable bonds is 3. The molecule has 0 aliphatic rings. The number of aromatic nitrogens is 2. The van der Waals surface area contributed by atoms with E-state index in [-0.39, 0.29) is 24.0 Å². The zero-order valence-electron chi connectivity index (χ0n) is 8.88. The van der Waals surface area contributed by atoms with Crippen molar-refractivity contribution in [1.82, 2.24) is 9.97 Å². The number of methoxy groups -OCH3 is 1. The SMILES string of the molecule is COc1cc(C(C)CN)nc(C(F)(F)F)n1. The largest absolute Gasteiger partial charge is 0.481 e. The average molecular weight is 235 g/mol. The summed E-state index contributed by atoms with van der Waals surface area (Å²) in [6.07, 6.45) is -4.59. The number of nitrogens with zero attached hydrogens (tertiary/aromatic N) is 2. The Morgan fingerprint density at radius 2 is 2.06 bits per heavy atom. The Morgan fingerprint density at radius 1 is 1.44 bits per heavy atom. The van der Waals surface area contributed by atoms with E-state index in [0.717, 1.165) is 0 Å². The van der Waals surface area contributed by atoms with Gasteiger partial charge >= 0.3 is 6.18 Å². The monoisotopic (exact) mass is 235 g/mol. The smallest absolute Gasteiger partial charge is 0.451 e. The molecule has 1 atom stereocenters. The van der Waals surface area contributed by atoms with Crippen LogP contribution in [0.1, 0.15) is 24.4 Å². The van der Waals surface area contributed by atoms with Crippen molar-refractivity contribution in [3.8, 4) is 5.88 Å². The highest BCUT2D eigenvalue weighted by molar-refractivity contribution is 5.20. The minimum Gasteiger partial charge on any atom is -0.481 e. The zero-order valence-corrected chi connectivity index (χ0v) is 8.88. The quantitative estimate of drug-likeness (QED) is 0.863. The molecule has 0 aliphatic carbocycles.